The zero-order valence-corrected chi connectivity index (χ0v) is 22.3. The summed E-state index contributed by atoms with van der Waals surface area (Å²) in [6.07, 6.45) is 1.30. The van der Waals surface area contributed by atoms with Gasteiger partial charge in [0.2, 0.25) is 0 Å². The summed E-state index contributed by atoms with van der Waals surface area (Å²) >= 11 is 15.4. The second-order valence-electron chi connectivity index (χ2n) is 7.92. The second kappa shape index (κ2) is 11.2. The summed E-state index contributed by atoms with van der Waals surface area (Å²) in [5.74, 6) is -1.88. The summed E-state index contributed by atoms with van der Waals surface area (Å²) in [5.41, 5.74) is 1.67. The van der Waals surface area contributed by atoms with E-state index in [1.165, 1.54) is 30.3 Å². The quantitative estimate of drug-likeness (QED) is 0.276. The average Bonchev–Trinajstić information content (AvgIpc) is 2.84. The van der Waals surface area contributed by atoms with Crippen LogP contribution in [-0.2, 0) is 14.4 Å². The van der Waals surface area contributed by atoms with Gasteiger partial charge in [0, 0.05) is 25.8 Å². The fourth-order valence-corrected chi connectivity index (χ4v) is 4.10. The molecule has 1 aliphatic rings. The van der Waals surface area contributed by atoms with Gasteiger partial charge in [0.25, 0.3) is 17.7 Å². The molecule has 1 fully saturated rings. The molecule has 0 atom stereocenters. The number of ether oxygens (including phenoxy) is 1. The van der Waals surface area contributed by atoms with Crippen LogP contribution in [0.15, 0.2) is 70.7 Å². The Hall–Kier alpha value is -3.66. The van der Waals surface area contributed by atoms with Gasteiger partial charge in [-0.1, -0.05) is 45.2 Å². The fraction of sp³-hybridized carbons (Fsp3) is 0.0769. The number of urea groups is 1. The maximum Gasteiger partial charge on any atom is 0.335 e. The van der Waals surface area contributed by atoms with E-state index in [4.69, 9.17) is 27.9 Å². The predicted molar refractivity (Wildman–Crippen MR) is 145 cm³/mol. The Labute approximate surface area is 230 Å². The molecule has 0 unspecified atom stereocenters. The van der Waals surface area contributed by atoms with Gasteiger partial charge in [0.15, 0.2) is 6.61 Å². The van der Waals surface area contributed by atoms with E-state index in [1.54, 1.807) is 36.4 Å². The van der Waals surface area contributed by atoms with E-state index in [2.05, 4.69) is 26.6 Å². The largest absolute Gasteiger partial charge is 0.483 e. The van der Waals surface area contributed by atoms with E-state index in [1.807, 2.05) is 6.92 Å². The maximum absolute atomic E-state index is 13.2. The van der Waals surface area contributed by atoms with E-state index in [0.29, 0.717) is 25.8 Å². The summed E-state index contributed by atoms with van der Waals surface area (Å²) in [4.78, 5) is 51.4. The molecule has 0 bridgehead atoms. The van der Waals surface area contributed by atoms with E-state index < -0.39 is 23.8 Å². The summed E-state index contributed by atoms with van der Waals surface area (Å²) in [6.45, 7) is 1.50. The standard InChI is InChI=1S/C26H18BrCl2N3O5/c1-14-2-6-18(12-21(14)29)30-23(33)13-37-22-9-3-16(27)10-15(22)11-20-24(34)31-26(36)32(25(20)35)19-7-4-17(28)5-8-19/h2-12H,13H2,1H3,(H,30,33)(H,31,34,36)/b20-11-. The van der Waals surface area contributed by atoms with Crippen LogP contribution in [0.1, 0.15) is 11.1 Å². The SMILES string of the molecule is Cc1ccc(NC(=O)COc2ccc(Br)cc2/C=C2/C(=O)NC(=O)N(c3ccc(Cl)cc3)C2=O)cc1Cl. The maximum atomic E-state index is 13.2. The van der Waals surface area contributed by atoms with Crippen LogP contribution in [0.3, 0.4) is 0 Å². The molecule has 0 spiro atoms. The van der Waals surface area contributed by atoms with Gasteiger partial charge in [-0.25, -0.2) is 9.69 Å². The third-order valence-electron chi connectivity index (χ3n) is 5.27. The van der Waals surface area contributed by atoms with Crippen LogP contribution in [-0.4, -0.2) is 30.4 Å². The Bertz CT molecular complexity index is 1460. The van der Waals surface area contributed by atoms with E-state index >= 15 is 0 Å². The van der Waals surface area contributed by atoms with Gasteiger partial charge >= 0.3 is 6.03 Å². The zero-order chi connectivity index (χ0) is 26.7. The minimum absolute atomic E-state index is 0.239. The number of nitrogens with zero attached hydrogens (tertiary/aromatic N) is 1. The van der Waals surface area contributed by atoms with Crippen molar-refractivity contribution in [3.63, 3.8) is 0 Å². The highest BCUT2D eigenvalue weighted by molar-refractivity contribution is 9.10. The van der Waals surface area contributed by atoms with Crippen molar-refractivity contribution in [2.45, 2.75) is 6.92 Å². The predicted octanol–water partition coefficient (Wildman–Crippen LogP) is 5.75. The molecule has 1 heterocycles. The van der Waals surface area contributed by atoms with Gasteiger partial charge in [-0.2, -0.15) is 0 Å². The van der Waals surface area contributed by atoms with Crippen LogP contribution in [0.4, 0.5) is 16.2 Å². The van der Waals surface area contributed by atoms with Crippen molar-refractivity contribution in [3.8, 4) is 5.75 Å². The number of hydrogen-bond donors (Lipinski definition) is 2. The normalized spacial score (nSPS) is 14.5. The topological polar surface area (TPSA) is 105 Å². The molecule has 5 amide bonds. The molecule has 0 saturated carbocycles. The Morgan fingerprint density at radius 1 is 1.05 bits per heavy atom. The molecule has 188 valence electrons. The summed E-state index contributed by atoms with van der Waals surface area (Å²) < 4.78 is 6.33. The minimum atomic E-state index is -0.881. The lowest BCUT2D eigenvalue weighted by molar-refractivity contribution is -0.122. The molecule has 2 N–H and O–H groups in total. The van der Waals surface area contributed by atoms with Crippen molar-refractivity contribution in [1.29, 1.82) is 0 Å². The number of halogens is 3. The Morgan fingerprint density at radius 2 is 1.78 bits per heavy atom. The van der Waals surface area contributed by atoms with E-state index in [9.17, 15) is 19.2 Å². The number of aryl methyl sites for hydroxylation is 1. The fourth-order valence-electron chi connectivity index (χ4n) is 3.41. The van der Waals surface area contributed by atoms with Crippen LogP contribution in [0.2, 0.25) is 10.0 Å². The zero-order valence-electron chi connectivity index (χ0n) is 19.2. The Kier molecular flexibility index (Phi) is 7.97. The highest BCUT2D eigenvalue weighted by Gasteiger charge is 2.37. The van der Waals surface area contributed by atoms with Gasteiger partial charge in [0.1, 0.15) is 11.3 Å². The molecule has 8 nitrogen and oxygen atoms in total. The first-order valence-electron chi connectivity index (χ1n) is 10.8. The second-order valence-corrected chi connectivity index (χ2v) is 9.68. The Morgan fingerprint density at radius 3 is 2.49 bits per heavy atom. The van der Waals surface area contributed by atoms with Gasteiger partial charge in [-0.3, -0.25) is 19.7 Å². The number of benzene rings is 3. The lowest BCUT2D eigenvalue weighted by atomic mass is 10.1. The molecular weight excluding hydrogens is 585 g/mol. The van der Waals surface area contributed by atoms with Crippen molar-refractivity contribution >= 4 is 80.3 Å². The molecule has 0 radical (unpaired) electrons. The minimum Gasteiger partial charge on any atom is -0.483 e. The Balaban J connectivity index is 1.57. The number of carbonyl (C=O) groups excluding carboxylic acids is 4. The van der Waals surface area contributed by atoms with Crippen LogP contribution in [0.5, 0.6) is 5.75 Å². The number of rotatable bonds is 6. The molecule has 11 heteroatoms. The first-order chi connectivity index (χ1) is 17.6. The van der Waals surface area contributed by atoms with Crippen LogP contribution < -0.4 is 20.3 Å². The number of nitrogens with one attached hydrogen (secondary N) is 2. The molecule has 1 aliphatic heterocycles. The molecule has 4 rings (SSSR count). The molecule has 37 heavy (non-hydrogen) atoms. The van der Waals surface area contributed by atoms with Crippen molar-refractivity contribution in [2.75, 3.05) is 16.8 Å². The monoisotopic (exact) mass is 601 g/mol. The third-order valence-corrected chi connectivity index (χ3v) is 6.42. The molecule has 0 aromatic heterocycles. The van der Waals surface area contributed by atoms with Crippen molar-refractivity contribution in [2.24, 2.45) is 0 Å². The highest BCUT2D eigenvalue weighted by atomic mass is 79.9. The summed E-state index contributed by atoms with van der Waals surface area (Å²) in [5, 5.41) is 5.79. The van der Waals surface area contributed by atoms with Crippen molar-refractivity contribution in [1.82, 2.24) is 5.32 Å². The van der Waals surface area contributed by atoms with E-state index in [-0.39, 0.29) is 23.6 Å². The first-order valence-corrected chi connectivity index (χ1v) is 12.3. The van der Waals surface area contributed by atoms with E-state index in [0.717, 1.165) is 10.5 Å². The number of imide groups is 2. The number of anilines is 2. The summed E-state index contributed by atoms with van der Waals surface area (Å²) in [7, 11) is 0. The number of carbonyl (C=O) groups is 4. The summed E-state index contributed by atoms with van der Waals surface area (Å²) in [6, 6.07) is 15.1. The molecular formula is C26H18BrCl2N3O5. The lowest BCUT2D eigenvalue weighted by Crippen LogP contribution is -2.54. The number of barbiturate groups is 1. The van der Waals surface area contributed by atoms with Crippen LogP contribution in [0, 0.1) is 6.92 Å². The highest BCUT2D eigenvalue weighted by Crippen LogP contribution is 2.29. The smallest absolute Gasteiger partial charge is 0.335 e. The van der Waals surface area contributed by atoms with Crippen molar-refractivity contribution in [3.05, 3.63) is 91.9 Å². The van der Waals surface area contributed by atoms with Gasteiger partial charge in [-0.05, 0) is 73.2 Å². The third kappa shape index (κ3) is 6.19. The first kappa shape index (κ1) is 26.4. The average molecular weight is 603 g/mol. The van der Waals surface area contributed by atoms with Gasteiger partial charge < -0.3 is 10.1 Å². The lowest BCUT2D eigenvalue weighted by Gasteiger charge is -2.26. The molecule has 3 aromatic rings. The number of amides is 5. The van der Waals surface area contributed by atoms with Gasteiger partial charge in [0.05, 0.1) is 5.69 Å². The molecule has 1 saturated heterocycles. The molecule has 0 aliphatic carbocycles. The number of hydrogen-bond acceptors (Lipinski definition) is 5. The van der Waals surface area contributed by atoms with Crippen LogP contribution >= 0.6 is 39.1 Å². The van der Waals surface area contributed by atoms with Gasteiger partial charge in [-0.15, -0.1) is 0 Å². The van der Waals surface area contributed by atoms with Crippen molar-refractivity contribution < 1.29 is 23.9 Å². The molecule has 3 aromatic carbocycles. The van der Waals surface area contributed by atoms with Crippen LogP contribution in [0.25, 0.3) is 6.08 Å².